The number of aromatic nitrogens is 2. The van der Waals surface area contributed by atoms with Gasteiger partial charge in [-0.15, -0.1) is 0 Å². The molecule has 2 aromatic carbocycles. The van der Waals surface area contributed by atoms with Gasteiger partial charge in [0.05, 0.1) is 6.42 Å². The van der Waals surface area contributed by atoms with Gasteiger partial charge in [-0.1, -0.05) is 0 Å². The highest BCUT2D eigenvalue weighted by Crippen LogP contribution is 2.25. The fraction of sp³-hybridized carbons (Fsp3) is 0.0952. The zero-order valence-electron chi connectivity index (χ0n) is 15.1. The smallest absolute Gasteiger partial charge is 0.350 e. The Hall–Kier alpha value is -4.07. The van der Waals surface area contributed by atoms with Crippen molar-refractivity contribution in [2.45, 2.75) is 12.8 Å². The Bertz CT molecular complexity index is 1280. The number of nitrogens with zero attached hydrogens (tertiary/aromatic N) is 1. The van der Waals surface area contributed by atoms with Gasteiger partial charge in [0.15, 0.2) is 0 Å². The van der Waals surface area contributed by atoms with Crippen molar-refractivity contribution >= 4 is 39.4 Å². The SMILES string of the molecule is O=C(Cc1c[nH]c2ccc(O)cc12)N=C(Cc1c[nH]c2ccc(O)cc12)C(=O)O. The Kier molecular flexibility index (Phi) is 4.52. The quantitative estimate of drug-likeness (QED) is 0.333. The van der Waals surface area contributed by atoms with Gasteiger partial charge in [-0.25, -0.2) is 9.79 Å². The second-order valence-corrected chi connectivity index (χ2v) is 6.70. The number of carboxylic acid groups (broad SMARTS) is 1. The summed E-state index contributed by atoms with van der Waals surface area (Å²) in [5.74, 6) is -1.76. The van der Waals surface area contributed by atoms with E-state index in [4.69, 9.17) is 0 Å². The van der Waals surface area contributed by atoms with E-state index in [2.05, 4.69) is 15.0 Å². The molecule has 1 amide bonds. The van der Waals surface area contributed by atoms with Gasteiger partial charge in [0.1, 0.15) is 17.2 Å². The van der Waals surface area contributed by atoms with E-state index in [1.807, 2.05) is 0 Å². The summed E-state index contributed by atoms with van der Waals surface area (Å²) in [6.45, 7) is 0. The van der Waals surface area contributed by atoms with Crippen molar-refractivity contribution in [1.82, 2.24) is 9.97 Å². The maximum absolute atomic E-state index is 12.4. The molecular formula is C21H17N3O5. The van der Waals surface area contributed by atoms with Crippen LogP contribution in [0.1, 0.15) is 11.1 Å². The lowest BCUT2D eigenvalue weighted by atomic mass is 10.1. The van der Waals surface area contributed by atoms with Crippen molar-refractivity contribution in [1.29, 1.82) is 0 Å². The van der Waals surface area contributed by atoms with Crippen molar-refractivity contribution in [3.63, 3.8) is 0 Å². The molecule has 5 N–H and O–H groups in total. The number of rotatable bonds is 5. The van der Waals surface area contributed by atoms with Crippen LogP contribution in [0.3, 0.4) is 0 Å². The third-order valence-corrected chi connectivity index (χ3v) is 4.71. The Labute approximate surface area is 164 Å². The summed E-state index contributed by atoms with van der Waals surface area (Å²) in [6.07, 6.45) is 3.10. The Balaban J connectivity index is 1.60. The first-order valence-corrected chi connectivity index (χ1v) is 8.82. The van der Waals surface area contributed by atoms with Gasteiger partial charge < -0.3 is 25.3 Å². The third kappa shape index (κ3) is 3.68. The van der Waals surface area contributed by atoms with Crippen molar-refractivity contribution in [3.05, 3.63) is 59.9 Å². The molecule has 0 radical (unpaired) electrons. The summed E-state index contributed by atoms with van der Waals surface area (Å²) in [4.78, 5) is 33.9. The molecule has 0 aliphatic heterocycles. The molecule has 8 heteroatoms. The Morgan fingerprint density at radius 3 is 1.86 bits per heavy atom. The number of aliphatic carboxylic acids is 1. The number of hydrogen-bond donors (Lipinski definition) is 5. The van der Waals surface area contributed by atoms with Crippen LogP contribution in [-0.4, -0.2) is 42.9 Å². The summed E-state index contributed by atoms with van der Waals surface area (Å²) in [5, 5.41) is 30.2. The van der Waals surface area contributed by atoms with Crippen molar-refractivity contribution < 1.29 is 24.9 Å². The van der Waals surface area contributed by atoms with E-state index in [1.54, 1.807) is 24.5 Å². The number of H-pyrrole nitrogens is 2. The highest BCUT2D eigenvalue weighted by Gasteiger charge is 2.17. The lowest BCUT2D eigenvalue weighted by Gasteiger charge is -2.02. The number of hydrogen-bond acceptors (Lipinski definition) is 4. The zero-order valence-corrected chi connectivity index (χ0v) is 15.1. The predicted molar refractivity (Wildman–Crippen MR) is 107 cm³/mol. The predicted octanol–water partition coefficient (Wildman–Crippen LogP) is 2.90. The van der Waals surface area contributed by atoms with Gasteiger partial charge in [-0.2, -0.15) is 0 Å². The summed E-state index contributed by atoms with van der Waals surface area (Å²) in [6, 6.07) is 9.50. The van der Waals surface area contributed by atoms with Crippen LogP contribution in [-0.2, 0) is 22.4 Å². The molecule has 0 bridgehead atoms. The molecule has 0 saturated carbocycles. The zero-order chi connectivity index (χ0) is 20.5. The highest BCUT2D eigenvalue weighted by molar-refractivity contribution is 6.38. The molecule has 0 saturated heterocycles. The first-order chi connectivity index (χ1) is 13.9. The first kappa shape index (κ1) is 18.3. The summed E-state index contributed by atoms with van der Waals surface area (Å²) in [7, 11) is 0. The van der Waals surface area contributed by atoms with Gasteiger partial charge >= 0.3 is 5.97 Å². The number of benzene rings is 2. The van der Waals surface area contributed by atoms with Gasteiger partial charge in [0.2, 0.25) is 0 Å². The fourth-order valence-corrected chi connectivity index (χ4v) is 3.32. The fourth-order valence-electron chi connectivity index (χ4n) is 3.32. The van der Waals surface area contributed by atoms with E-state index in [1.165, 1.54) is 24.3 Å². The van der Waals surface area contributed by atoms with Crippen LogP contribution in [0.5, 0.6) is 11.5 Å². The number of carboxylic acids is 1. The van der Waals surface area contributed by atoms with E-state index < -0.39 is 11.9 Å². The second-order valence-electron chi connectivity index (χ2n) is 6.70. The number of carbonyl (C=O) groups is 2. The number of aromatic amines is 2. The molecule has 4 rings (SSSR count). The standard InChI is InChI=1S/C21H17N3O5/c25-13-1-3-17-15(7-13)11(9-22-17)5-19(21(28)29)24-20(27)6-12-10-23-18-4-2-14(26)8-16(12)18/h1-4,7-10,22-23,25-26H,5-6H2,(H,28,29). The molecule has 0 unspecified atom stereocenters. The topological polar surface area (TPSA) is 139 Å². The van der Waals surface area contributed by atoms with E-state index in [0.717, 1.165) is 11.0 Å². The van der Waals surface area contributed by atoms with Crippen molar-refractivity contribution in [3.8, 4) is 11.5 Å². The van der Waals surface area contributed by atoms with Crippen LogP contribution in [0.4, 0.5) is 0 Å². The molecule has 146 valence electrons. The van der Waals surface area contributed by atoms with E-state index in [0.29, 0.717) is 21.9 Å². The lowest BCUT2D eigenvalue weighted by molar-refractivity contribution is -0.130. The van der Waals surface area contributed by atoms with Crippen molar-refractivity contribution in [2.24, 2.45) is 4.99 Å². The molecule has 0 atom stereocenters. The van der Waals surface area contributed by atoms with Gasteiger partial charge in [-0.3, -0.25) is 4.79 Å². The molecule has 29 heavy (non-hydrogen) atoms. The molecule has 0 spiro atoms. The maximum Gasteiger partial charge on any atom is 0.350 e. The number of phenolic OH excluding ortho intramolecular Hbond substituents is 2. The van der Waals surface area contributed by atoms with E-state index in [9.17, 15) is 24.9 Å². The minimum absolute atomic E-state index is 0.0610. The van der Waals surface area contributed by atoms with E-state index >= 15 is 0 Å². The number of fused-ring (bicyclic) bond motifs is 2. The normalized spacial score (nSPS) is 11.9. The van der Waals surface area contributed by atoms with Crippen LogP contribution in [0.2, 0.25) is 0 Å². The number of amides is 1. The Morgan fingerprint density at radius 2 is 1.34 bits per heavy atom. The summed E-state index contributed by atoms with van der Waals surface area (Å²) in [5.41, 5.74) is 2.44. The monoisotopic (exact) mass is 391 g/mol. The molecule has 0 fully saturated rings. The molecule has 2 aromatic heterocycles. The van der Waals surface area contributed by atoms with Crippen LogP contribution in [0.15, 0.2) is 53.8 Å². The molecular weight excluding hydrogens is 374 g/mol. The first-order valence-electron chi connectivity index (χ1n) is 8.82. The number of aliphatic imine (C=N–C) groups is 1. The van der Waals surface area contributed by atoms with E-state index in [-0.39, 0.29) is 30.1 Å². The summed E-state index contributed by atoms with van der Waals surface area (Å²) >= 11 is 0. The number of carbonyl (C=O) groups excluding carboxylic acids is 1. The highest BCUT2D eigenvalue weighted by atomic mass is 16.4. The molecule has 8 nitrogen and oxygen atoms in total. The minimum Gasteiger partial charge on any atom is -0.508 e. The lowest BCUT2D eigenvalue weighted by Crippen LogP contribution is -2.18. The molecule has 2 heterocycles. The molecule has 0 aliphatic rings. The van der Waals surface area contributed by atoms with Crippen LogP contribution >= 0.6 is 0 Å². The van der Waals surface area contributed by atoms with Crippen LogP contribution in [0.25, 0.3) is 21.8 Å². The molecule has 4 aromatic rings. The second kappa shape index (κ2) is 7.16. The van der Waals surface area contributed by atoms with Crippen molar-refractivity contribution in [2.75, 3.05) is 0 Å². The van der Waals surface area contributed by atoms with Gasteiger partial charge in [0.25, 0.3) is 5.91 Å². The Morgan fingerprint density at radius 1 is 0.828 bits per heavy atom. The number of nitrogens with one attached hydrogen (secondary N) is 2. The van der Waals surface area contributed by atoms with Gasteiger partial charge in [-0.05, 0) is 47.5 Å². The minimum atomic E-state index is -1.29. The maximum atomic E-state index is 12.4. The van der Waals surface area contributed by atoms with Crippen LogP contribution < -0.4 is 0 Å². The largest absolute Gasteiger partial charge is 0.508 e. The number of phenols is 2. The van der Waals surface area contributed by atoms with Gasteiger partial charge in [0, 0.05) is 40.6 Å². The molecule has 0 aliphatic carbocycles. The number of aromatic hydroxyl groups is 2. The average molecular weight is 391 g/mol. The van der Waals surface area contributed by atoms with Crippen LogP contribution in [0, 0.1) is 0 Å². The third-order valence-electron chi connectivity index (χ3n) is 4.71. The average Bonchev–Trinajstić information content (AvgIpc) is 3.25. The summed E-state index contributed by atoms with van der Waals surface area (Å²) < 4.78 is 0.